The van der Waals surface area contributed by atoms with Crippen LogP contribution >= 0.6 is 0 Å². The maximum Gasteiger partial charge on any atom is 0.204 e. The Morgan fingerprint density at radius 1 is 1.19 bits per heavy atom. The fourth-order valence-corrected chi connectivity index (χ4v) is 1.61. The molecule has 0 radical (unpaired) electrons. The number of carbonyl (C=O) groups excluding carboxylic acids is 1. The van der Waals surface area contributed by atoms with Crippen LogP contribution in [-0.4, -0.2) is 6.41 Å². The summed E-state index contributed by atoms with van der Waals surface area (Å²) < 4.78 is 0. The maximum atomic E-state index is 8.58. The molecule has 1 rings (SSSR count). The lowest BCUT2D eigenvalue weighted by molar-refractivity contribution is -0.106. The van der Waals surface area contributed by atoms with Crippen molar-refractivity contribution in [3.05, 3.63) is 36.0 Å². The van der Waals surface area contributed by atoms with Crippen molar-refractivity contribution in [2.45, 2.75) is 73.6 Å². The van der Waals surface area contributed by atoms with E-state index in [0.29, 0.717) is 0 Å². The lowest BCUT2D eigenvalue weighted by Gasteiger charge is -2.16. The number of primary amides is 1. The third kappa shape index (κ3) is 18.7. The molecular formula is C19H37NO. The van der Waals surface area contributed by atoms with Gasteiger partial charge < -0.3 is 5.73 Å². The summed E-state index contributed by atoms with van der Waals surface area (Å²) in [4.78, 5) is 8.58. The van der Waals surface area contributed by atoms with Crippen LogP contribution in [0, 0.1) is 5.92 Å². The fraction of sp³-hybridized carbons (Fsp3) is 0.632. The third-order valence-corrected chi connectivity index (χ3v) is 3.04. The summed E-state index contributed by atoms with van der Waals surface area (Å²) >= 11 is 0. The molecule has 1 aliphatic rings. The highest BCUT2D eigenvalue weighted by Gasteiger charge is 2.08. The van der Waals surface area contributed by atoms with Gasteiger partial charge in [-0.3, -0.25) is 4.79 Å². The van der Waals surface area contributed by atoms with E-state index in [1.165, 1.54) is 43.3 Å². The molecule has 1 aliphatic carbocycles. The van der Waals surface area contributed by atoms with E-state index in [4.69, 9.17) is 4.79 Å². The molecule has 21 heavy (non-hydrogen) atoms. The summed E-state index contributed by atoms with van der Waals surface area (Å²) in [6.07, 6.45) is 13.0. The topological polar surface area (TPSA) is 43.1 Å². The van der Waals surface area contributed by atoms with Gasteiger partial charge in [0.2, 0.25) is 6.41 Å². The van der Waals surface area contributed by atoms with Crippen molar-refractivity contribution in [3.8, 4) is 0 Å². The highest BCUT2D eigenvalue weighted by molar-refractivity contribution is 5.42. The quantitative estimate of drug-likeness (QED) is 0.643. The molecule has 2 nitrogen and oxygen atoms in total. The first kappa shape index (κ1) is 24.7. The zero-order valence-electron chi connectivity index (χ0n) is 15.1. The molecule has 1 fully saturated rings. The van der Waals surface area contributed by atoms with E-state index in [-0.39, 0.29) is 6.41 Å². The summed E-state index contributed by atoms with van der Waals surface area (Å²) in [5, 5.41) is 0. The summed E-state index contributed by atoms with van der Waals surface area (Å²) in [5.74, 6) is 0.884. The molecule has 0 heterocycles. The second kappa shape index (κ2) is 21.0. The average Bonchev–Trinajstić information content (AvgIpc) is 2.51. The van der Waals surface area contributed by atoms with Crippen molar-refractivity contribution >= 4 is 6.41 Å². The van der Waals surface area contributed by atoms with E-state index in [0.717, 1.165) is 5.92 Å². The number of allylic oxidation sites excluding steroid dienone is 5. The molecule has 0 saturated heterocycles. The number of rotatable bonds is 2. The van der Waals surface area contributed by atoms with Gasteiger partial charge in [0.05, 0.1) is 0 Å². The zero-order valence-corrected chi connectivity index (χ0v) is 15.1. The standard InChI is InChI=1S/C11H16.C5H12.C2H6.CH3NO/c1-3-7-11-9-6-5-8-10(11)4-2;1-4-5(2)3;1-2;2-1-3/h3-4,7H,1,5-6,8-9H2,2H3;5H,4H2,1-3H3;1-2H3;1H,(H2,2,3)/b10-4-,11-7-;;;. The zero-order chi connectivity index (χ0) is 17.1. The van der Waals surface area contributed by atoms with Crippen LogP contribution in [0.5, 0.6) is 0 Å². The molecule has 124 valence electrons. The Hall–Kier alpha value is -1.31. The third-order valence-electron chi connectivity index (χ3n) is 3.04. The second-order valence-electron chi connectivity index (χ2n) is 4.89. The Morgan fingerprint density at radius 2 is 1.57 bits per heavy atom. The first-order valence-electron chi connectivity index (χ1n) is 8.19. The first-order valence-corrected chi connectivity index (χ1v) is 8.19. The Labute approximate surface area is 133 Å². The highest BCUT2D eigenvalue weighted by Crippen LogP contribution is 2.28. The maximum absolute atomic E-state index is 8.58. The van der Waals surface area contributed by atoms with Crippen LogP contribution in [0.25, 0.3) is 0 Å². The van der Waals surface area contributed by atoms with Crippen LogP contribution in [0.15, 0.2) is 36.0 Å². The van der Waals surface area contributed by atoms with E-state index >= 15 is 0 Å². The van der Waals surface area contributed by atoms with Crippen molar-refractivity contribution < 1.29 is 4.79 Å². The van der Waals surface area contributed by atoms with Gasteiger partial charge in [-0.25, -0.2) is 0 Å². The van der Waals surface area contributed by atoms with Gasteiger partial charge in [0.25, 0.3) is 0 Å². The van der Waals surface area contributed by atoms with Gasteiger partial charge in [0, 0.05) is 0 Å². The van der Waals surface area contributed by atoms with Gasteiger partial charge in [0.1, 0.15) is 0 Å². The number of carbonyl (C=O) groups is 1. The van der Waals surface area contributed by atoms with Gasteiger partial charge in [-0.1, -0.05) is 65.8 Å². The molecule has 1 saturated carbocycles. The smallest absolute Gasteiger partial charge is 0.204 e. The molecule has 2 N–H and O–H groups in total. The normalized spacial score (nSPS) is 16.7. The molecule has 0 aliphatic heterocycles. The van der Waals surface area contributed by atoms with E-state index in [1.807, 2.05) is 19.9 Å². The lowest BCUT2D eigenvalue weighted by Crippen LogP contribution is -1.97. The highest BCUT2D eigenvalue weighted by atomic mass is 16.1. The van der Waals surface area contributed by atoms with Gasteiger partial charge in [-0.2, -0.15) is 0 Å². The molecule has 0 aromatic rings. The molecule has 1 amide bonds. The summed E-state index contributed by atoms with van der Waals surface area (Å²) in [6.45, 7) is 16.5. The van der Waals surface area contributed by atoms with Crippen molar-refractivity contribution in [3.63, 3.8) is 0 Å². The molecular weight excluding hydrogens is 258 g/mol. The van der Waals surface area contributed by atoms with Crippen molar-refractivity contribution in [2.75, 3.05) is 0 Å². The largest absolute Gasteiger partial charge is 0.372 e. The Balaban J connectivity index is -0.000000272. The second-order valence-corrected chi connectivity index (χ2v) is 4.89. The summed E-state index contributed by atoms with van der Waals surface area (Å²) in [5.41, 5.74) is 7.19. The Bertz CT molecular complexity index is 288. The predicted octanol–water partition coefficient (Wildman–Crippen LogP) is 5.80. The van der Waals surface area contributed by atoms with Gasteiger partial charge >= 0.3 is 0 Å². The van der Waals surface area contributed by atoms with Crippen LogP contribution in [0.1, 0.15) is 73.6 Å². The van der Waals surface area contributed by atoms with Crippen molar-refractivity contribution in [1.82, 2.24) is 0 Å². The molecule has 0 aromatic carbocycles. The van der Waals surface area contributed by atoms with E-state index in [1.54, 1.807) is 0 Å². The minimum absolute atomic E-state index is 0.250. The van der Waals surface area contributed by atoms with Gasteiger partial charge in [-0.05, 0) is 49.7 Å². The minimum Gasteiger partial charge on any atom is -0.372 e. The Morgan fingerprint density at radius 3 is 1.86 bits per heavy atom. The average molecular weight is 296 g/mol. The molecule has 0 atom stereocenters. The minimum atomic E-state index is 0.250. The lowest BCUT2D eigenvalue weighted by atomic mass is 9.89. The van der Waals surface area contributed by atoms with Gasteiger partial charge in [-0.15, -0.1) is 0 Å². The first-order chi connectivity index (χ1) is 10.1. The van der Waals surface area contributed by atoms with E-state index in [9.17, 15) is 0 Å². The number of hydrogen-bond acceptors (Lipinski definition) is 1. The van der Waals surface area contributed by atoms with Crippen LogP contribution in [0.2, 0.25) is 0 Å². The van der Waals surface area contributed by atoms with E-state index < -0.39 is 0 Å². The molecule has 0 bridgehead atoms. The number of nitrogens with two attached hydrogens (primary N) is 1. The predicted molar refractivity (Wildman–Crippen MR) is 97.2 cm³/mol. The van der Waals surface area contributed by atoms with Gasteiger partial charge in [0.15, 0.2) is 0 Å². The summed E-state index contributed by atoms with van der Waals surface area (Å²) in [7, 11) is 0. The molecule has 0 spiro atoms. The summed E-state index contributed by atoms with van der Waals surface area (Å²) in [6, 6.07) is 0. The fourth-order valence-electron chi connectivity index (χ4n) is 1.61. The molecule has 2 heteroatoms. The van der Waals surface area contributed by atoms with Crippen LogP contribution in [-0.2, 0) is 4.79 Å². The van der Waals surface area contributed by atoms with E-state index in [2.05, 4.69) is 52.2 Å². The van der Waals surface area contributed by atoms with Crippen LogP contribution in [0.3, 0.4) is 0 Å². The van der Waals surface area contributed by atoms with Crippen molar-refractivity contribution in [1.29, 1.82) is 0 Å². The SMILES string of the molecule is C=C/C=C1/CCCC/C1=C/C.CC.CCC(C)C.NC=O. The molecule has 0 unspecified atom stereocenters. The Kier molecular flexibility index (Phi) is 24.7. The van der Waals surface area contributed by atoms with Crippen LogP contribution in [0.4, 0.5) is 0 Å². The van der Waals surface area contributed by atoms with Crippen molar-refractivity contribution in [2.24, 2.45) is 11.7 Å². The number of hydrogen-bond donors (Lipinski definition) is 1. The molecule has 0 aromatic heterocycles. The number of amides is 1. The van der Waals surface area contributed by atoms with Crippen LogP contribution < -0.4 is 5.73 Å². The monoisotopic (exact) mass is 295 g/mol.